The van der Waals surface area contributed by atoms with Crippen molar-refractivity contribution in [3.05, 3.63) is 5.32 Å². The lowest BCUT2D eigenvalue weighted by Crippen LogP contribution is -2.36. The summed E-state index contributed by atoms with van der Waals surface area (Å²) in [7, 11) is -4.64. The fourth-order valence-corrected chi connectivity index (χ4v) is 1.63. The summed E-state index contributed by atoms with van der Waals surface area (Å²) in [5.41, 5.74) is 3.44. The lowest BCUT2D eigenvalue weighted by molar-refractivity contribution is -0.156. The van der Waals surface area contributed by atoms with Crippen LogP contribution in [-0.2, 0) is 4.57 Å². The molecule has 0 spiro atoms. The first-order valence-corrected chi connectivity index (χ1v) is 7.77. The molecule has 0 aliphatic rings. The minimum Gasteiger partial charge on any atom is -0.653 e. The molecule has 6 nitrogen and oxygen atoms in total. The van der Waals surface area contributed by atoms with Crippen molar-refractivity contribution < 1.29 is 45.6 Å². The van der Waals surface area contributed by atoms with E-state index >= 15 is 0 Å². The van der Waals surface area contributed by atoms with Gasteiger partial charge in [-0.15, -0.1) is 11.6 Å². The Labute approximate surface area is 129 Å². The maximum absolute atomic E-state index is 12.4. The summed E-state index contributed by atoms with van der Waals surface area (Å²) in [4.78, 5) is 21.6. The van der Waals surface area contributed by atoms with Crippen molar-refractivity contribution >= 4 is 7.82 Å². The predicted octanol–water partition coefficient (Wildman–Crippen LogP) is 2.83. The van der Waals surface area contributed by atoms with Crippen LogP contribution in [0, 0.1) is 0 Å². The van der Waals surface area contributed by atoms with E-state index in [4.69, 9.17) is 25.0 Å². The lowest BCUT2D eigenvalue weighted by Gasteiger charge is -2.48. The molecule has 0 saturated carbocycles. The third-order valence-corrected chi connectivity index (χ3v) is 2.40. The van der Waals surface area contributed by atoms with E-state index in [0.29, 0.717) is 0 Å². The Morgan fingerprint density at radius 2 is 1.43 bits per heavy atom. The zero-order valence-corrected chi connectivity index (χ0v) is 13.3. The van der Waals surface area contributed by atoms with E-state index in [1.807, 2.05) is 0 Å². The molecule has 0 aromatic rings. The van der Waals surface area contributed by atoms with Gasteiger partial charge in [0.2, 0.25) is 0 Å². The van der Waals surface area contributed by atoms with Gasteiger partial charge in [0.05, 0.1) is 0 Å². The summed E-state index contributed by atoms with van der Waals surface area (Å²) in [5, 5.41) is 3.77. The topological polar surface area (TPSA) is 118 Å². The predicted molar refractivity (Wildman–Crippen MR) is 70.5 cm³/mol. The SMILES string of the molecule is CC(CN)[N-]C(C)(CCC(F)(F)F)CC(F)(F)F.O=P(O)(O)O. The fraction of sp³-hybridized carbons (Fsp3) is 1.00. The lowest BCUT2D eigenvalue weighted by atomic mass is 9.90. The first-order chi connectivity index (χ1) is 9.87. The van der Waals surface area contributed by atoms with E-state index in [1.165, 1.54) is 6.92 Å². The summed E-state index contributed by atoms with van der Waals surface area (Å²) >= 11 is 0. The third-order valence-electron chi connectivity index (χ3n) is 2.40. The number of rotatable bonds is 6. The van der Waals surface area contributed by atoms with Crippen molar-refractivity contribution in [2.75, 3.05) is 6.54 Å². The van der Waals surface area contributed by atoms with Crippen LogP contribution in [0.15, 0.2) is 0 Å². The quantitative estimate of drug-likeness (QED) is 0.419. The Bertz CT molecular complexity index is 378. The molecule has 0 heterocycles. The number of phosphoric acid groups is 1. The van der Waals surface area contributed by atoms with Crippen LogP contribution in [0.1, 0.15) is 33.1 Å². The molecule has 0 rings (SSSR count). The highest BCUT2D eigenvalue weighted by Crippen LogP contribution is 2.39. The second-order valence-corrected chi connectivity index (χ2v) is 6.16. The van der Waals surface area contributed by atoms with Gasteiger partial charge in [-0.3, -0.25) is 0 Å². The third kappa shape index (κ3) is 21.6. The zero-order valence-electron chi connectivity index (χ0n) is 12.4. The van der Waals surface area contributed by atoms with Crippen LogP contribution in [0.25, 0.3) is 5.32 Å². The Kier molecular flexibility index (Phi) is 9.93. The molecule has 0 aliphatic carbocycles. The molecular formula is C10H20F6N2O4P-. The molecule has 23 heavy (non-hydrogen) atoms. The largest absolute Gasteiger partial charge is 0.653 e. The maximum Gasteiger partial charge on any atom is 0.466 e. The van der Waals surface area contributed by atoms with Crippen molar-refractivity contribution in [2.24, 2.45) is 5.73 Å². The molecule has 0 aromatic carbocycles. The van der Waals surface area contributed by atoms with Gasteiger partial charge in [-0.1, -0.05) is 20.3 Å². The average Bonchev–Trinajstić information content (AvgIpc) is 2.20. The molecule has 0 amide bonds. The molecule has 5 N–H and O–H groups in total. The second-order valence-electron chi connectivity index (χ2n) is 5.13. The Morgan fingerprint density at radius 3 is 1.70 bits per heavy atom. The average molecular weight is 377 g/mol. The van der Waals surface area contributed by atoms with Crippen LogP contribution >= 0.6 is 7.82 Å². The van der Waals surface area contributed by atoms with E-state index in [0.717, 1.165) is 6.92 Å². The summed E-state index contributed by atoms with van der Waals surface area (Å²) in [6.07, 6.45) is -12.4. The number of halogens is 6. The Morgan fingerprint density at radius 1 is 1.04 bits per heavy atom. The van der Waals surface area contributed by atoms with Crippen molar-refractivity contribution in [3.8, 4) is 0 Å². The maximum atomic E-state index is 12.4. The fourth-order valence-electron chi connectivity index (χ4n) is 1.63. The molecule has 0 radical (unpaired) electrons. The van der Waals surface area contributed by atoms with E-state index in [2.05, 4.69) is 5.32 Å². The smallest absolute Gasteiger partial charge is 0.466 e. The molecular weight excluding hydrogens is 357 g/mol. The number of nitrogens with two attached hydrogens (primary N) is 1. The Hall–Kier alpha value is -0.390. The van der Waals surface area contributed by atoms with Gasteiger partial charge in [0, 0.05) is 12.8 Å². The molecule has 2 atom stereocenters. The number of nitrogens with zero attached hydrogens (tertiary/aromatic N) is 1. The zero-order chi connectivity index (χ0) is 19.1. The first kappa shape index (κ1) is 24.9. The van der Waals surface area contributed by atoms with Crippen LogP contribution < -0.4 is 5.73 Å². The first-order valence-electron chi connectivity index (χ1n) is 6.21. The van der Waals surface area contributed by atoms with Gasteiger partial charge in [0.1, 0.15) is 0 Å². The normalized spacial score (nSPS) is 17.0. The van der Waals surface area contributed by atoms with Crippen LogP contribution in [0.5, 0.6) is 0 Å². The van der Waals surface area contributed by atoms with Crippen molar-refractivity contribution in [2.45, 2.75) is 57.0 Å². The molecule has 0 saturated heterocycles. The minimum absolute atomic E-state index is 0.000531. The highest BCUT2D eigenvalue weighted by Gasteiger charge is 2.37. The van der Waals surface area contributed by atoms with E-state index < -0.39 is 51.0 Å². The highest BCUT2D eigenvalue weighted by molar-refractivity contribution is 7.45. The van der Waals surface area contributed by atoms with Gasteiger partial charge in [-0.2, -0.15) is 26.3 Å². The molecule has 0 bridgehead atoms. The molecule has 0 fully saturated rings. The van der Waals surface area contributed by atoms with E-state index in [1.54, 1.807) is 0 Å². The molecule has 2 unspecified atom stereocenters. The summed E-state index contributed by atoms with van der Waals surface area (Å²) in [6, 6.07) is -0.606. The summed E-state index contributed by atoms with van der Waals surface area (Å²) in [5.74, 6) is 0. The molecule has 0 aliphatic heterocycles. The molecule has 0 aromatic heterocycles. The number of hydrogen-bond donors (Lipinski definition) is 4. The van der Waals surface area contributed by atoms with Crippen LogP contribution in [0.2, 0.25) is 0 Å². The highest BCUT2D eigenvalue weighted by atomic mass is 31.2. The molecule has 13 heteroatoms. The summed E-state index contributed by atoms with van der Waals surface area (Å²) < 4.78 is 82.2. The van der Waals surface area contributed by atoms with Gasteiger partial charge in [0.15, 0.2) is 0 Å². The van der Waals surface area contributed by atoms with E-state index in [9.17, 15) is 26.3 Å². The van der Waals surface area contributed by atoms with Crippen molar-refractivity contribution in [1.82, 2.24) is 0 Å². The van der Waals surface area contributed by atoms with Gasteiger partial charge in [-0.25, -0.2) is 4.57 Å². The van der Waals surface area contributed by atoms with E-state index in [-0.39, 0.29) is 6.54 Å². The van der Waals surface area contributed by atoms with Gasteiger partial charge in [0.25, 0.3) is 0 Å². The van der Waals surface area contributed by atoms with Gasteiger partial charge in [-0.05, 0) is 6.54 Å². The van der Waals surface area contributed by atoms with Crippen LogP contribution in [0.3, 0.4) is 0 Å². The second kappa shape index (κ2) is 9.19. The van der Waals surface area contributed by atoms with Gasteiger partial charge >= 0.3 is 20.2 Å². The van der Waals surface area contributed by atoms with Crippen molar-refractivity contribution in [3.63, 3.8) is 0 Å². The van der Waals surface area contributed by atoms with Crippen LogP contribution in [0.4, 0.5) is 26.3 Å². The standard InChI is InChI=1S/C10H17F6N2.H3O4P/c1-7(5-17)18-8(2,6-10(14,15)16)3-4-9(11,12)13;1-5(2,3)4/h7H,3-6,17H2,1-2H3;(H3,1,2,3,4)/q-1;. The minimum atomic E-state index is -4.64. The monoisotopic (exact) mass is 377 g/mol. The molecule has 142 valence electrons. The van der Waals surface area contributed by atoms with Crippen LogP contribution in [-0.4, -0.2) is 45.2 Å². The Balaban J connectivity index is 0. The van der Waals surface area contributed by atoms with Gasteiger partial charge < -0.3 is 25.7 Å². The number of hydrogen-bond acceptors (Lipinski definition) is 2. The summed E-state index contributed by atoms with van der Waals surface area (Å²) in [6.45, 7) is 2.56. The number of alkyl halides is 6. The van der Waals surface area contributed by atoms with Crippen molar-refractivity contribution in [1.29, 1.82) is 0 Å².